The number of ether oxygens (including phenoxy) is 1. The maximum absolute atomic E-state index is 12.1. The average molecular weight is 262 g/mol. The molecule has 1 aliphatic rings. The third kappa shape index (κ3) is 3.14. The lowest BCUT2D eigenvalue weighted by molar-refractivity contribution is -0.131. The van der Waals surface area contributed by atoms with Crippen LogP contribution in [0.25, 0.3) is 0 Å². The molecular formula is C15H22N2O2. The zero-order valence-electron chi connectivity index (χ0n) is 11.8. The number of carbonyl (C=O) groups is 1. The first-order valence-corrected chi connectivity index (χ1v) is 6.80. The summed E-state index contributed by atoms with van der Waals surface area (Å²) < 4.78 is 5.59. The summed E-state index contributed by atoms with van der Waals surface area (Å²) in [6.07, 6.45) is 0. The Morgan fingerprint density at radius 2 is 2.26 bits per heavy atom. The fraction of sp³-hybridized carbons (Fsp3) is 0.533. The van der Waals surface area contributed by atoms with E-state index in [0.29, 0.717) is 13.2 Å². The van der Waals surface area contributed by atoms with E-state index in [4.69, 9.17) is 4.74 Å². The van der Waals surface area contributed by atoms with Crippen molar-refractivity contribution in [3.63, 3.8) is 0 Å². The number of nitrogens with one attached hydrogen (secondary N) is 1. The standard InChI is InChI=1S/C15H22N2O2/c1-4-17(3)15(18)11(2)16-14-10-19-9-12-7-5-6-8-13(12)14/h5-8,11,14,16H,4,9-10H2,1-3H3. The van der Waals surface area contributed by atoms with Gasteiger partial charge in [0.25, 0.3) is 0 Å². The molecule has 0 saturated heterocycles. The van der Waals surface area contributed by atoms with Crippen molar-refractivity contribution in [3.8, 4) is 0 Å². The summed E-state index contributed by atoms with van der Waals surface area (Å²) in [6, 6.07) is 8.12. The van der Waals surface area contributed by atoms with E-state index in [1.807, 2.05) is 33.0 Å². The Kier molecular flexibility index (Phi) is 4.56. The maximum Gasteiger partial charge on any atom is 0.239 e. The first kappa shape index (κ1) is 14.0. The zero-order valence-corrected chi connectivity index (χ0v) is 11.8. The van der Waals surface area contributed by atoms with Gasteiger partial charge in [0.05, 0.1) is 25.3 Å². The molecule has 0 radical (unpaired) electrons. The molecule has 4 nitrogen and oxygen atoms in total. The van der Waals surface area contributed by atoms with Crippen LogP contribution < -0.4 is 5.32 Å². The minimum atomic E-state index is -0.204. The number of benzene rings is 1. The first-order chi connectivity index (χ1) is 9.13. The van der Waals surface area contributed by atoms with Crippen molar-refractivity contribution in [2.45, 2.75) is 32.5 Å². The molecular weight excluding hydrogens is 240 g/mol. The van der Waals surface area contributed by atoms with Gasteiger partial charge in [-0.3, -0.25) is 10.1 Å². The SMILES string of the molecule is CCN(C)C(=O)C(C)NC1COCc2ccccc21. The van der Waals surface area contributed by atoms with Gasteiger partial charge in [-0.05, 0) is 25.0 Å². The molecule has 0 bridgehead atoms. The Morgan fingerprint density at radius 3 is 3.00 bits per heavy atom. The van der Waals surface area contributed by atoms with Crippen molar-refractivity contribution in [2.24, 2.45) is 0 Å². The molecule has 2 unspecified atom stereocenters. The maximum atomic E-state index is 12.1. The van der Waals surface area contributed by atoms with Crippen LogP contribution in [0.3, 0.4) is 0 Å². The summed E-state index contributed by atoms with van der Waals surface area (Å²) in [5.74, 6) is 0.116. The van der Waals surface area contributed by atoms with Crippen molar-refractivity contribution in [3.05, 3.63) is 35.4 Å². The normalized spacial score (nSPS) is 19.6. The predicted molar refractivity (Wildman–Crippen MR) is 74.7 cm³/mol. The molecule has 1 aromatic rings. The second-order valence-electron chi connectivity index (χ2n) is 5.01. The van der Waals surface area contributed by atoms with Crippen LogP contribution in [0, 0.1) is 0 Å². The molecule has 0 aliphatic carbocycles. The lowest BCUT2D eigenvalue weighted by Gasteiger charge is -2.30. The van der Waals surface area contributed by atoms with Crippen LogP contribution in [0.2, 0.25) is 0 Å². The lowest BCUT2D eigenvalue weighted by Crippen LogP contribution is -2.46. The number of carbonyl (C=O) groups excluding carboxylic acids is 1. The van der Waals surface area contributed by atoms with Crippen molar-refractivity contribution >= 4 is 5.91 Å². The van der Waals surface area contributed by atoms with Crippen molar-refractivity contribution in [1.82, 2.24) is 10.2 Å². The Morgan fingerprint density at radius 1 is 1.53 bits per heavy atom. The molecule has 1 N–H and O–H groups in total. The van der Waals surface area contributed by atoms with Gasteiger partial charge in [-0.15, -0.1) is 0 Å². The monoisotopic (exact) mass is 262 g/mol. The number of hydrogen-bond donors (Lipinski definition) is 1. The second-order valence-corrected chi connectivity index (χ2v) is 5.01. The van der Waals surface area contributed by atoms with Crippen LogP contribution in [0.15, 0.2) is 24.3 Å². The topological polar surface area (TPSA) is 41.6 Å². The molecule has 19 heavy (non-hydrogen) atoms. The molecule has 4 heteroatoms. The first-order valence-electron chi connectivity index (χ1n) is 6.80. The smallest absolute Gasteiger partial charge is 0.239 e. The number of nitrogens with zero attached hydrogens (tertiary/aromatic N) is 1. The number of rotatable bonds is 4. The summed E-state index contributed by atoms with van der Waals surface area (Å²) in [7, 11) is 1.83. The molecule has 104 valence electrons. The summed E-state index contributed by atoms with van der Waals surface area (Å²) in [4.78, 5) is 13.8. The predicted octanol–water partition coefficient (Wildman–Crippen LogP) is 1.71. The van der Waals surface area contributed by atoms with E-state index in [1.165, 1.54) is 11.1 Å². The van der Waals surface area contributed by atoms with Gasteiger partial charge in [-0.1, -0.05) is 24.3 Å². The van der Waals surface area contributed by atoms with Crippen molar-refractivity contribution < 1.29 is 9.53 Å². The van der Waals surface area contributed by atoms with Gasteiger partial charge in [-0.25, -0.2) is 0 Å². The second kappa shape index (κ2) is 6.17. The molecule has 1 amide bonds. The number of likely N-dealkylation sites (N-methyl/N-ethyl adjacent to an activating group) is 1. The van der Waals surface area contributed by atoms with E-state index in [9.17, 15) is 4.79 Å². The average Bonchev–Trinajstić information content (AvgIpc) is 2.46. The quantitative estimate of drug-likeness (QED) is 0.898. The Labute approximate surface area is 114 Å². The number of amides is 1. The van der Waals surface area contributed by atoms with E-state index in [2.05, 4.69) is 17.4 Å². The highest BCUT2D eigenvalue weighted by Crippen LogP contribution is 2.24. The molecule has 2 rings (SSSR count). The number of hydrogen-bond acceptors (Lipinski definition) is 3. The minimum Gasteiger partial charge on any atom is -0.375 e. The largest absolute Gasteiger partial charge is 0.375 e. The van der Waals surface area contributed by atoms with E-state index in [1.54, 1.807) is 4.90 Å². The Balaban J connectivity index is 2.06. The highest BCUT2D eigenvalue weighted by molar-refractivity contribution is 5.81. The molecule has 0 aromatic heterocycles. The molecule has 0 fully saturated rings. The molecule has 1 aliphatic heterocycles. The van der Waals surface area contributed by atoms with Gasteiger partial charge in [0, 0.05) is 13.6 Å². The van der Waals surface area contributed by atoms with Gasteiger partial charge >= 0.3 is 0 Å². The Hall–Kier alpha value is -1.39. The van der Waals surface area contributed by atoms with E-state index in [-0.39, 0.29) is 18.0 Å². The van der Waals surface area contributed by atoms with Crippen LogP contribution in [0.1, 0.15) is 31.0 Å². The summed E-state index contributed by atoms with van der Waals surface area (Å²) in [5.41, 5.74) is 2.45. The zero-order chi connectivity index (χ0) is 13.8. The van der Waals surface area contributed by atoms with E-state index >= 15 is 0 Å². The molecule has 0 spiro atoms. The third-order valence-electron chi connectivity index (χ3n) is 3.64. The molecule has 1 heterocycles. The highest BCUT2D eigenvalue weighted by atomic mass is 16.5. The van der Waals surface area contributed by atoms with Crippen molar-refractivity contribution in [1.29, 1.82) is 0 Å². The third-order valence-corrected chi connectivity index (χ3v) is 3.64. The Bertz CT molecular complexity index is 448. The van der Waals surface area contributed by atoms with Gasteiger partial charge in [0.15, 0.2) is 0 Å². The van der Waals surface area contributed by atoms with Crippen molar-refractivity contribution in [2.75, 3.05) is 20.2 Å². The van der Waals surface area contributed by atoms with Crippen LogP contribution in [-0.2, 0) is 16.1 Å². The number of fused-ring (bicyclic) bond motifs is 1. The molecule has 2 atom stereocenters. The van der Waals surface area contributed by atoms with Gasteiger partial charge in [-0.2, -0.15) is 0 Å². The van der Waals surface area contributed by atoms with Gasteiger partial charge in [0.2, 0.25) is 5.91 Å². The molecule has 0 saturated carbocycles. The summed E-state index contributed by atoms with van der Waals surface area (Å²) in [5, 5.41) is 3.37. The van der Waals surface area contributed by atoms with Crippen LogP contribution >= 0.6 is 0 Å². The van der Waals surface area contributed by atoms with E-state index < -0.39 is 0 Å². The molecule has 1 aromatic carbocycles. The van der Waals surface area contributed by atoms with Gasteiger partial charge in [0.1, 0.15) is 0 Å². The summed E-state index contributed by atoms with van der Waals surface area (Å²) in [6.45, 7) is 5.88. The highest BCUT2D eigenvalue weighted by Gasteiger charge is 2.25. The fourth-order valence-corrected chi connectivity index (χ4v) is 2.38. The summed E-state index contributed by atoms with van der Waals surface area (Å²) >= 11 is 0. The van der Waals surface area contributed by atoms with Crippen LogP contribution in [0.5, 0.6) is 0 Å². The van der Waals surface area contributed by atoms with Crippen LogP contribution in [0.4, 0.5) is 0 Å². The van der Waals surface area contributed by atoms with E-state index in [0.717, 1.165) is 6.54 Å². The minimum absolute atomic E-state index is 0.0918. The van der Waals surface area contributed by atoms with Crippen LogP contribution in [-0.4, -0.2) is 37.0 Å². The fourth-order valence-electron chi connectivity index (χ4n) is 2.38. The lowest BCUT2D eigenvalue weighted by atomic mass is 9.98. The van der Waals surface area contributed by atoms with Gasteiger partial charge < -0.3 is 9.64 Å².